The van der Waals surface area contributed by atoms with Crippen molar-refractivity contribution in [1.82, 2.24) is 0 Å². The number of nitrogens with two attached hydrogens (primary N) is 1. The zero-order valence-electron chi connectivity index (χ0n) is 10.7. The highest BCUT2D eigenvalue weighted by Gasteiger charge is 2.37. The number of hydrogen-bond acceptors (Lipinski definition) is 3. The van der Waals surface area contributed by atoms with Gasteiger partial charge in [0, 0.05) is 19.8 Å². The fraction of sp³-hybridized carbons (Fsp3) is 0.917. The van der Waals surface area contributed by atoms with E-state index in [0.29, 0.717) is 32.0 Å². The molecule has 96 valence electrons. The van der Waals surface area contributed by atoms with Crippen LogP contribution in [0.4, 0.5) is 0 Å². The van der Waals surface area contributed by atoms with Crippen LogP contribution in [0.3, 0.4) is 0 Å². The van der Waals surface area contributed by atoms with Gasteiger partial charge in [-0.3, -0.25) is 4.79 Å². The van der Waals surface area contributed by atoms with Crippen molar-refractivity contribution in [3.8, 4) is 0 Å². The van der Waals surface area contributed by atoms with Gasteiger partial charge in [-0.15, -0.1) is 0 Å². The third kappa shape index (κ3) is 4.94. The molecule has 1 atom stereocenters. The van der Waals surface area contributed by atoms with E-state index in [0.717, 1.165) is 6.42 Å². The topological polar surface area (TPSA) is 72.5 Å². The molecule has 0 aromatic rings. The predicted octanol–water partition coefficient (Wildman–Crippen LogP) is 1.88. The molecule has 3 N–H and O–H groups in total. The number of carboxylic acid groups (broad SMARTS) is 1. The van der Waals surface area contributed by atoms with Crippen LogP contribution in [0.5, 0.6) is 0 Å². The first-order valence-corrected chi connectivity index (χ1v) is 5.99. The highest BCUT2D eigenvalue weighted by atomic mass is 16.5. The van der Waals surface area contributed by atoms with Crippen LogP contribution in [0.15, 0.2) is 0 Å². The summed E-state index contributed by atoms with van der Waals surface area (Å²) in [5.41, 5.74) is 4.82. The minimum absolute atomic E-state index is 0.177. The second-order valence-corrected chi connectivity index (χ2v) is 4.75. The van der Waals surface area contributed by atoms with Gasteiger partial charge in [0.2, 0.25) is 0 Å². The summed E-state index contributed by atoms with van der Waals surface area (Å²) in [5, 5.41) is 9.29. The molecular weight excluding hydrogens is 206 g/mol. The molecule has 0 aliphatic rings. The molecule has 4 nitrogen and oxygen atoms in total. The molecule has 0 rings (SSSR count). The van der Waals surface area contributed by atoms with Gasteiger partial charge in [-0.25, -0.2) is 0 Å². The molecule has 0 amide bonds. The summed E-state index contributed by atoms with van der Waals surface area (Å²) in [5.74, 6) is -0.477. The van der Waals surface area contributed by atoms with E-state index in [1.807, 2.05) is 20.8 Å². The minimum Gasteiger partial charge on any atom is -0.481 e. The summed E-state index contributed by atoms with van der Waals surface area (Å²) in [7, 11) is 0. The summed E-state index contributed by atoms with van der Waals surface area (Å²) in [6.07, 6.45) is 2.05. The Bertz CT molecular complexity index is 206. The van der Waals surface area contributed by atoms with Gasteiger partial charge in [-0.1, -0.05) is 20.8 Å². The lowest BCUT2D eigenvalue weighted by atomic mass is 9.77. The van der Waals surface area contributed by atoms with Gasteiger partial charge in [-0.05, 0) is 25.2 Å². The fourth-order valence-electron chi connectivity index (χ4n) is 1.86. The van der Waals surface area contributed by atoms with Gasteiger partial charge in [0.25, 0.3) is 0 Å². The molecular formula is C12H25NO3. The van der Waals surface area contributed by atoms with Crippen LogP contribution >= 0.6 is 0 Å². The molecule has 0 radical (unpaired) electrons. The van der Waals surface area contributed by atoms with E-state index < -0.39 is 11.4 Å². The third-order valence-electron chi connectivity index (χ3n) is 2.72. The lowest BCUT2D eigenvalue weighted by Gasteiger charge is -2.29. The third-order valence-corrected chi connectivity index (χ3v) is 2.72. The van der Waals surface area contributed by atoms with E-state index in [4.69, 9.17) is 10.5 Å². The normalized spacial score (nSPS) is 15.1. The Labute approximate surface area is 98.2 Å². The smallest absolute Gasteiger partial charge is 0.311 e. The highest BCUT2D eigenvalue weighted by Crippen LogP contribution is 2.29. The number of carbonyl (C=O) groups is 1. The SMILES string of the molecule is CCCOCCC(CN)(CC(C)C)C(=O)O. The summed E-state index contributed by atoms with van der Waals surface area (Å²) in [6.45, 7) is 7.39. The maximum Gasteiger partial charge on any atom is 0.311 e. The molecule has 0 spiro atoms. The van der Waals surface area contributed by atoms with Crippen LogP contribution < -0.4 is 5.73 Å². The lowest BCUT2D eigenvalue weighted by molar-refractivity contribution is -0.150. The number of hydrogen-bond donors (Lipinski definition) is 2. The van der Waals surface area contributed by atoms with Crippen LogP contribution in [0, 0.1) is 11.3 Å². The maximum atomic E-state index is 11.3. The number of rotatable bonds is 9. The van der Waals surface area contributed by atoms with Gasteiger partial charge in [0.1, 0.15) is 0 Å². The first kappa shape index (κ1) is 15.4. The van der Waals surface area contributed by atoms with Crippen molar-refractivity contribution in [2.75, 3.05) is 19.8 Å². The predicted molar refractivity (Wildman–Crippen MR) is 64.3 cm³/mol. The molecule has 0 fully saturated rings. The Kier molecular flexibility index (Phi) is 7.34. The van der Waals surface area contributed by atoms with Crippen LogP contribution in [0.25, 0.3) is 0 Å². The van der Waals surface area contributed by atoms with Crippen molar-refractivity contribution in [2.24, 2.45) is 17.1 Å². The van der Waals surface area contributed by atoms with Gasteiger partial charge < -0.3 is 15.6 Å². The van der Waals surface area contributed by atoms with Crippen LogP contribution in [-0.2, 0) is 9.53 Å². The summed E-state index contributed by atoms with van der Waals surface area (Å²) >= 11 is 0. The van der Waals surface area contributed by atoms with Crippen LogP contribution in [-0.4, -0.2) is 30.8 Å². The minimum atomic E-state index is -0.818. The molecule has 0 aromatic carbocycles. The quantitative estimate of drug-likeness (QED) is 0.594. The van der Waals surface area contributed by atoms with Crippen LogP contribution in [0.2, 0.25) is 0 Å². The maximum absolute atomic E-state index is 11.3. The Morgan fingerprint density at radius 3 is 2.44 bits per heavy atom. The number of aliphatic carboxylic acids is 1. The van der Waals surface area contributed by atoms with Crippen LogP contribution in [0.1, 0.15) is 40.0 Å². The Balaban J connectivity index is 4.34. The molecule has 1 unspecified atom stereocenters. The Morgan fingerprint density at radius 2 is 2.06 bits per heavy atom. The van der Waals surface area contributed by atoms with Crippen molar-refractivity contribution < 1.29 is 14.6 Å². The van der Waals surface area contributed by atoms with Gasteiger partial charge in [0.15, 0.2) is 0 Å². The van der Waals surface area contributed by atoms with Crippen molar-refractivity contribution in [2.45, 2.75) is 40.0 Å². The van der Waals surface area contributed by atoms with E-state index in [1.54, 1.807) is 0 Å². The number of carboxylic acids is 1. The average Bonchev–Trinajstić information content (AvgIpc) is 2.21. The van der Waals surface area contributed by atoms with Gasteiger partial charge in [0.05, 0.1) is 5.41 Å². The molecule has 16 heavy (non-hydrogen) atoms. The molecule has 0 heterocycles. The molecule has 0 aliphatic carbocycles. The van der Waals surface area contributed by atoms with E-state index in [-0.39, 0.29) is 6.54 Å². The largest absolute Gasteiger partial charge is 0.481 e. The van der Waals surface area contributed by atoms with Gasteiger partial charge in [-0.2, -0.15) is 0 Å². The molecule has 0 saturated heterocycles. The second-order valence-electron chi connectivity index (χ2n) is 4.75. The summed E-state index contributed by atoms with van der Waals surface area (Å²) < 4.78 is 5.35. The Hall–Kier alpha value is -0.610. The van der Waals surface area contributed by atoms with Crippen molar-refractivity contribution in [3.63, 3.8) is 0 Å². The highest BCUT2D eigenvalue weighted by molar-refractivity contribution is 5.75. The van der Waals surface area contributed by atoms with Crippen molar-refractivity contribution in [3.05, 3.63) is 0 Å². The number of ether oxygens (including phenoxy) is 1. The zero-order valence-corrected chi connectivity index (χ0v) is 10.7. The Morgan fingerprint density at radius 1 is 1.44 bits per heavy atom. The summed E-state index contributed by atoms with van der Waals surface area (Å²) in [4.78, 5) is 11.3. The summed E-state index contributed by atoms with van der Waals surface area (Å²) in [6, 6.07) is 0. The van der Waals surface area contributed by atoms with E-state index in [2.05, 4.69) is 0 Å². The molecule has 4 heteroatoms. The molecule has 0 aromatic heterocycles. The standard InChI is InChI=1S/C12H25NO3/c1-4-6-16-7-5-12(9-13,11(14)15)8-10(2)3/h10H,4-9,13H2,1-3H3,(H,14,15). The fourth-order valence-corrected chi connectivity index (χ4v) is 1.86. The second kappa shape index (κ2) is 7.63. The van der Waals surface area contributed by atoms with E-state index in [1.165, 1.54) is 0 Å². The molecule has 0 bridgehead atoms. The van der Waals surface area contributed by atoms with E-state index >= 15 is 0 Å². The van der Waals surface area contributed by atoms with Crippen molar-refractivity contribution in [1.29, 1.82) is 0 Å². The van der Waals surface area contributed by atoms with Gasteiger partial charge >= 0.3 is 5.97 Å². The zero-order chi connectivity index (χ0) is 12.6. The average molecular weight is 231 g/mol. The lowest BCUT2D eigenvalue weighted by Crippen LogP contribution is -2.40. The molecule has 0 saturated carbocycles. The van der Waals surface area contributed by atoms with E-state index in [9.17, 15) is 9.90 Å². The first-order valence-electron chi connectivity index (χ1n) is 5.99. The monoisotopic (exact) mass is 231 g/mol. The first-order chi connectivity index (χ1) is 7.48. The van der Waals surface area contributed by atoms with Crippen molar-refractivity contribution >= 4 is 5.97 Å². The molecule has 0 aliphatic heterocycles.